The maximum atomic E-state index is 4.72. The molecule has 1 N–H and O–H groups in total. The first kappa shape index (κ1) is 14.2. The van der Waals surface area contributed by atoms with Gasteiger partial charge in [0.25, 0.3) is 0 Å². The molecule has 1 saturated heterocycles. The Morgan fingerprint density at radius 3 is 2.95 bits per heavy atom. The molecule has 1 aliphatic heterocycles. The molecule has 2 heterocycles. The zero-order chi connectivity index (χ0) is 13.5. The second-order valence-electron chi connectivity index (χ2n) is 5.19. The number of hydrogen-bond acceptors (Lipinski definition) is 5. The minimum atomic E-state index is 0.808. The second-order valence-corrected chi connectivity index (χ2v) is 5.19. The van der Waals surface area contributed by atoms with Gasteiger partial charge in [-0.25, -0.2) is 4.98 Å². The Hall–Kier alpha value is -1.20. The predicted molar refractivity (Wildman–Crippen MR) is 78.4 cm³/mol. The van der Waals surface area contributed by atoms with Crippen LogP contribution >= 0.6 is 0 Å². The second kappa shape index (κ2) is 7.40. The number of hydrogen-bond donors (Lipinski definition) is 1. The topological polar surface area (TPSA) is 44.3 Å². The summed E-state index contributed by atoms with van der Waals surface area (Å²) in [6, 6.07) is 0. The minimum Gasteiger partial charge on any atom is -0.354 e. The van der Waals surface area contributed by atoms with Gasteiger partial charge in [0, 0.05) is 32.4 Å². The Morgan fingerprint density at radius 2 is 2.11 bits per heavy atom. The maximum absolute atomic E-state index is 4.72. The van der Waals surface area contributed by atoms with E-state index in [1.165, 1.54) is 13.0 Å². The Morgan fingerprint density at radius 1 is 1.21 bits per heavy atom. The van der Waals surface area contributed by atoms with Crippen molar-refractivity contribution in [1.29, 1.82) is 0 Å². The molecule has 5 nitrogen and oxygen atoms in total. The van der Waals surface area contributed by atoms with E-state index in [0.717, 1.165) is 50.7 Å². The highest BCUT2D eigenvalue weighted by Crippen LogP contribution is 2.12. The van der Waals surface area contributed by atoms with Gasteiger partial charge in [-0.05, 0) is 33.0 Å². The highest BCUT2D eigenvalue weighted by molar-refractivity contribution is 5.36. The summed E-state index contributed by atoms with van der Waals surface area (Å²) in [6.45, 7) is 8.38. The molecule has 1 aromatic rings. The SMILES string of the molecule is CCCNCc1cncc(N2CCCN(C)CC2)n1. The normalized spacial score (nSPS) is 17.5. The Balaban J connectivity index is 1.97. The summed E-state index contributed by atoms with van der Waals surface area (Å²) in [4.78, 5) is 13.8. The van der Waals surface area contributed by atoms with Crippen molar-refractivity contribution < 1.29 is 0 Å². The largest absolute Gasteiger partial charge is 0.354 e. The van der Waals surface area contributed by atoms with Gasteiger partial charge >= 0.3 is 0 Å². The quantitative estimate of drug-likeness (QED) is 0.807. The van der Waals surface area contributed by atoms with Crippen LogP contribution in [0.2, 0.25) is 0 Å². The highest BCUT2D eigenvalue weighted by Gasteiger charge is 2.14. The van der Waals surface area contributed by atoms with Crippen LogP contribution in [-0.2, 0) is 6.54 Å². The summed E-state index contributed by atoms with van der Waals surface area (Å²) < 4.78 is 0. The maximum Gasteiger partial charge on any atom is 0.147 e. The van der Waals surface area contributed by atoms with Crippen LogP contribution in [0.25, 0.3) is 0 Å². The van der Waals surface area contributed by atoms with E-state index in [4.69, 9.17) is 4.98 Å². The molecule has 0 radical (unpaired) electrons. The van der Waals surface area contributed by atoms with Crippen LogP contribution in [0.15, 0.2) is 12.4 Å². The van der Waals surface area contributed by atoms with Crippen LogP contribution in [0.4, 0.5) is 5.82 Å². The van der Waals surface area contributed by atoms with E-state index in [9.17, 15) is 0 Å². The molecular formula is C14H25N5. The number of anilines is 1. The summed E-state index contributed by atoms with van der Waals surface area (Å²) in [7, 11) is 2.18. The molecule has 1 aromatic heterocycles. The summed E-state index contributed by atoms with van der Waals surface area (Å²) >= 11 is 0. The van der Waals surface area contributed by atoms with E-state index in [1.807, 2.05) is 12.4 Å². The van der Waals surface area contributed by atoms with Crippen molar-refractivity contribution in [2.75, 3.05) is 44.7 Å². The first-order valence-corrected chi connectivity index (χ1v) is 7.24. The molecular weight excluding hydrogens is 238 g/mol. The van der Waals surface area contributed by atoms with E-state index < -0.39 is 0 Å². The third-order valence-corrected chi connectivity index (χ3v) is 3.45. The van der Waals surface area contributed by atoms with Crippen molar-refractivity contribution >= 4 is 5.82 Å². The van der Waals surface area contributed by atoms with Crippen LogP contribution in [0.1, 0.15) is 25.5 Å². The minimum absolute atomic E-state index is 0.808. The van der Waals surface area contributed by atoms with Crippen molar-refractivity contribution in [3.8, 4) is 0 Å². The van der Waals surface area contributed by atoms with E-state index in [2.05, 4.69) is 34.1 Å². The summed E-state index contributed by atoms with van der Waals surface area (Å²) in [5.41, 5.74) is 1.03. The third-order valence-electron chi connectivity index (χ3n) is 3.45. The fourth-order valence-corrected chi connectivity index (χ4v) is 2.30. The molecule has 0 saturated carbocycles. The Labute approximate surface area is 116 Å². The van der Waals surface area contributed by atoms with Crippen molar-refractivity contribution in [2.24, 2.45) is 0 Å². The van der Waals surface area contributed by atoms with Gasteiger partial charge in [0.2, 0.25) is 0 Å². The average molecular weight is 263 g/mol. The molecule has 5 heteroatoms. The molecule has 0 atom stereocenters. The average Bonchev–Trinajstić information content (AvgIpc) is 2.64. The Kier molecular flexibility index (Phi) is 5.54. The third kappa shape index (κ3) is 4.44. The standard InChI is InChI=1S/C14H25N5/c1-3-5-15-10-13-11-16-12-14(17-13)19-7-4-6-18(2)8-9-19/h11-12,15H,3-10H2,1-2H3. The lowest BCUT2D eigenvalue weighted by Crippen LogP contribution is -2.29. The molecule has 0 unspecified atom stereocenters. The van der Waals surface area contributed by atoms with Gasteiger partial charge in [-0.2, -0.15) is 0 Å². The Bertz CT molecular complexity index is 382. The van der Waals surface area contributed by atoms with E-state index >= 15 is 0 Å². The highest BCUT2D eigenvalue weighted by atomic mass is 15.2. The van der Waals surface area contributed by atoms with Crippen LogP contribution in [0, 0.1) is 0 Å². The summed E-state index contributed by atoms with van der Waals surface area (Å²) in [5, 5.41) is 3.37. The molecule has 0 spiro atoms. The first-order chi connectivity index (χ1) is 9.29. The first-order valence-electron chi connectivity index (χ1n) is 7.24. The fourth-order valence-electron chi connectivity index (χ4n) is 2.30. The van der Waals surface area contributed by atoms with Crippen LogP contribution in [-0.4, -0.2) is 54.6 Å². The van der Waals surface area contributed by atoms with Gasteiger partial charge in [-0.15, -0.1) is 0 Å². The summed E-state index contributed by atoms with van der Waals surface area (Å²) in [6.07, 6.45) is 6.08. The van der Waals surface area contributed by atoms with Crippen LogP contribution in [0.3, 0.4) is 0 Å². The van der Waals surface area contributed by atoms with Gasteiger partial charge in [-0.3, -0.25) is 4.98 Å². The molecule has 0 amide bonds. The number of likely N-dealkylation sites (N-methyl/N-ethyl adjacent to an activating group) is 1. The van der Waals surface area contributed by atoms with Crippen molar-refractivity contribution in [3.63, 3.8) is 0 Å². The molecule has 1 fully saturated rings. The predicted octanol–water partition coefficient (Wildman–Crippen LogP) is 1.12. The van der Waals surface area contributed by atoms with Gasteiger partial charge < -0.3 is 15.1 Å². The van der Waals surface area contributed by atoms with E-state index in [-0.39, 0.29) is 0 Å². The monoisotopic (exact) mass is 263 g/mol. The zero-order valence-electron chi connectivity index (χ0n) is 12.1. The number of nitrogens with one attached hydrogen (secondary N) is 1. The molecule has 0 aliphatic carbocycles. The van der Waals surface area contributed by atoms with Gasteiger partial charge in [0.05, 0.1) is 11.9 Å². The number of rotatable bonds is 5. The molecule has 19 heavy (non-hydrogen) atoms. The van der Waals surface area contributed by atoms with Crippen LogP contribution in [0.5, 0.6) is 0 Å². The van der Waals surface area contributed by atoms with Gasteiger partial charge in [0.1, 0.15) is 5.82 Å². The smallest absolute Gasteiger partial charge is 0.147 e. The number of nitrogens with zero attached hydrogens (tertiary/aromatic N) is 4. The summed E-state index contributed by atoms with van der Waals surface area (Å²) in [5.74, 6) is 1.02. The van der Waals surface area contributed by atoms with Crippen molar-refractivity contribution in [3.05, 3.63) is 18.1 Å². The molecule has 2 rings (SSSR count). The van der Waals surface area contributed by atoms with E-state index in [0.29, 0.717) is 0 Å². The molecule has 0 bridgehead atoms. The van der Waals surface area contributed by atoms with E-state index in [1.54, 1.807) is 0 Å². The van der Waals surface area contributed by atoms with Crippen LogP contribution < -0.4 is 10.2 Å². The van der Waals surface area contributed by atoms with Crippen molar-refractivity contribution in [2.45, 2.75) is 26.3 Å². The lowest BCUT2D eigenvalue weighted by molar-refractivity contribution is 0.360. The van der Waals surface area contributed by atoms with Gasteiger partial charge in [-0.1, -0.05) is 6.92 Å². The molecule has 106 valence electrons. The lowest BCUT2D eigenvalue weighted by atomic mass is 10.3. The zero-order valence-corrected chi connectivity index (χ0v) is 12.1. The van der Waals surface area contributed by atoms with Crippen molar-refractivity contribution in [1.82, 2.24) is 20.2 Å². The fraction of sp³-hybridized carbons (Fsp3) is 0.714. The molecule has 1 aliphatic rings. The lowest BCUT2D eigenvalue weighted by Gasteiger charge is -2.21. The molecule has 0 aromatic carbocycles. The van der Waals surface area contributed by atoms with Gasteiger partial charge in [0.15, 0.2) is 0 Å². The number of aromatic nitrogens is 2.